The molecule has 2 aliphatic heterocycles. The van der Waals surface area contributed by atoms with E-state index in [9.17, 15) is 4.39 Å². The maximum absolute atomic E-state index is 14.3. The van der Waals surface area contributed by atoms with Gasteiger partial charge in [0.25, 0.3) is 0 Å². The Kier molecular flexibility index (Phi) is 3.87. The molecule has 0 aliphatic carbocycles. The third-order valence-corrected chi connectivity index (χ3v) is 5.09. The molecule has 0 bridgehead atoms. The number of pyridine rings is 2. The molecule has 0 radical (unpaired) electrons. The summed E-state index contributed by atoms with van der Waals surface area (Å²) in [5, 5.41) is 3.45. The van der Waals surface area contributed by atoms with Gasteiger partial charge in [-0.1, -0.05) is 0 Å². The normalized spacial score (nSPS) is 24.3. The number of nitrogens with one attached hydrogen (secondary N) is 1. The van der Waals surface area contributed by atoms with Crippen molar-refractivity contribution in [1.29, 1.82) is 0 Å². The van der Waals surface area contributed by atoms with Gasteiger partial charge >= 0.3 is 0 Å². The topological polar surface area (TPSA) is 50.3 Å². The summed E-state index contributed by atoms with van der Waals surface area (Å²) in [6.07, 6.45) is 1.95. The van der Waals surface area contributed by atoms with Crippen molar-refractivity contribution < 1.29 is 9.13 Å². The van der Waals surface area contributed by atoms with E-state index in [1.165, 1.54) is 6.20 Å². The molecule has 122 valence electrons. The van der Waals surface area contributed by atoms with Crippen molar-refractivity contribution in [3.8, 4) is 5.88 Å². The summed E-state index contributed by atoms with van der Waals surface area (Å²) in [6, 6.07) is 3.59. The summed E-state index contributed by atoms with van der Waals surface area (Å²) in [5.41, 5.74) is 1.97. The molecule has 2 aromatic rings. The Labute approximate surface area is 134 Å². The minimum Gasteiger partial charge on any atom is -0.481 e. The lowest BCUT2D eigenvalue weighted by Crippen LogP contribution is -2.28. The molecule has 2 saturated heterocycles. The van der Waals surface area contributed by atoms with Gasteiger partial charge in [0.05, 0.1) is 24.3 Å². The molecule has 0 spiro atoms. The summed E-state index contributed by atoms with van der Waals surface area (Å²) in [6.45, 7) is 5.32. The predicted octanol–water partition coefficient (Wildman–Crippen LogP) is 1.47. The zero-order chi connectivity index (χ0) is 15.8. The number of aromatic nitrogens is 2. The summed E-state index contributed by atoms with van der Waals surface area (Å²) >= 11 is 0. The third kappa shape index (κ3) is 2.77. The van der Waals surface area contributed by atoms with E-state index in [1.807, 2.05) is 6.07 Å². The van der Waals surface area contributed by atoms with E-state index >= 15 is 0 Å². The Bertz CT molecular complexity index is 711. The van der Waals surface area contributed by atoms with Crippen LogP contribution in [0, 0.1) is 17.7 Å². The molecule has 23 heavy (non-hydrogen) atoms. The molecule has 0 saturated carbocycles. The molecule has 5 nitrogen and oxygen atoms in total. The van der Waals surface area contributed by atoms with E-state index in [0.29, 0.717) is 28.9 Å². The molecule has 0 amide bonds. The lowest BCUT2D eigenvalue weighted by molar-refractivity contribution is 0.316. The van der Waals surface area contributed by atoms with Crippen LogP contribution in [0.25, 0.3) is 11.0 Å². The highest BCUT2D eigenvalue weighted by Crippen LogP contribution is 2.27. The van der Waals surface area contributed by atoms with Crippen molar-refractivity contribution >= 4 is 11.0 Å². The number of likely N-dealkylation sites (tertiary alicyclic amines) is 1. The van der Waals surface area contributed by atoms with E-state index in [2.05, 4.69) is 20.2 Å². The van der Waals surface area contributed by atoms with Gasteiger partial charge in [-0.05, 0) is 37.4 Å². The van der Waals surface area contributed by atoms with Crippen LogP contribution >= 0.6 is 0 Å². The number of hydrogen-bond acceptors (Lipinski definition) is 5. The highest BCUT2D eigenvalue weighted by molar-refractivity contribution is 5.78. The Hall–Kier alpha value is -1.79. The number of rotatable bonds is 4. The second-order valence-electron chi connectivity index (χ2n) is 6.49. The maximum Gasteiger partial charge on any atom is 0.213 e. The molecule has 2 atom stereocenters. The average molecular weight is 316 g/mol. The van der Waals surface area contributed by atoms with Crippen LogP contribution in [-0.4, -0.2) is 54.7 Å². The van der Waals surface area contributed by atoms with Crippen LogP contribution in [0.15, 0.2) is 18.3 Å². The van der Waals surface area contributed by atoms with Crippen molar-refractivity contribution in [3.05, 3.63) is 29.7 Å². The summed E-state index contributed by atoms with van der Waals surface area (Å²) in [4.78, 5) is 11.0. The summed E-state index contributed by atoms with van der Waals surface area (Å²) in [7, 11) is 1.57. The molecule has 6 heteroatoms. The fourth-order valence-corrected chi connectivity index (χ4v) is 3.83. The van der Waals surface area contributed by atoms with Gasteiger partial charge in [0, 0.05) is 31.3 Å². The zero-order valence-corrected chi connectivity index (χ0v) is 13.3. The van der Waals surface area contributed by atoms with E-state index in [1.54, 1.807) is 13.2 Å². The van der Waals surface area contributed by atoms with E-state index in [-0.39, 0.29) is 5.82 Å². The summed E-state index contributed by atoms with van der Waals surface area (Å²) in [5.74, 6) is 1.73. The van der Waals surface area contributed by atoms with E-state index < -0.39 is 0 Å². The van der Waals surface area contributed by atoms with Gasteiger partial charge in [-0.2, -0.15) is 0 Å². The van der Waals surface area contributed by atoms with Crippen LogP contribution in [0.3, 0.4) is 0 Å². The lowest BCUT2D eigenvalue weighted by Gasteiger charge is -2.17. The Balaban J connectivity index is 1.55. The highest BCUT2D eigenvalue weighted by Gasteiger charge is 2.35. The van der Waals surface area contributed by atoms with Crippen molar-refractivity contribution in [2.24, 2.45) is 11.8 Å². The number of nitrogens with zero attached hydrogens (tertiary/aromatic N) is 3. The fraction of sp³-hybridized carbons (Fsp3) is 0.529. The van der Waals surface area contributed by atoms with Gasteiger partial charge in [-0.3, -0.25) is 4.98 Å². The monoisotopic (exact) mass is 316 g/mol. The minimum atomic E-state index is -0.278. The number of fused-ring (bicyclic) bond motifs is 2. The molecule has 2 aromatic heterocycles. The maximum atomic E-state index is 14.3. The van der Waals surface area contributed by atoms with Gasteiger partial charge in [-0.25, -0.2) is 9.37 Å². The summed E-state index contributed by atoms with van der Waals surface area (Å²) < 4.78 is 19.5. The van der Waals surface area contributed by atoms with Gasteiger partial charge in [0.2, 0.25) is 5.88 Å². The number of halogens is 1. The first kappa shape index (κ1) is 14.8. The van der Waals surface area contributed by atoms with Crippen LogP contribution in [0.4, 0.5) is 4.39 Å². The third-order valence-electron chi connectivity index (χ3n) is 5.09. The van der Waals surface area contributed by atoms with Crippen LogP contribution in [-0.2, 0) is 6.42 Å². The number of ether oxygens (including phenoxy) is 1. The first-order valence-electron chi connectivity index (χ1n) is 8.16. The molecule has 2 fully saturated rings. The predicted molar refractivity (Wildman–Crippen MR) is 86.0 cm³/mol. The van der Waals surface area contributed by atoms with Gasteiger partial charge in [0.1, 0.15) is 5.82 Å². The molecule has 4 rings (SSSR count). The first-order chi connectivity index (χ1) is 11.2. The van der Waals surface area contributed by atoms with Crippen molar-refractivity contribution in [2.45, 2.75) is 6.42 Å². The van der Waals surface area contributed by atoms with E-state index in [0.717, 1.165) is 44.6 Å². The number of hydrogen-bond donors (Lipinski definition) is 1. The fourth-order valence-electron chi connectivity index (χ4n) is 3.83. The van der Waals surface area contributed by atoms with Crippen molar-refractivity contribution in [1.82, 2.24) is 20.2 Å². The largest absolute Gasteiger partial charge is 0.481 e. The minimum absolute atomic E-state index is 0.278. The Morgan fingerprint density at radius 3 is 2.83 bits per heavy atom. The van der Waals surface area contributed by atoms with Crippen LogP contribution in [0.2, 0.25) is 0 Å². The molecular weight excluding hydrogens is 295 g/mol. The molecular formula is C17H21FN4O. The smallest absolute Gasteiger partial charge is 0.213 e. The van der Waals surface area contributed by atoms with Gasteiger partial charge in [0.15, 0.2) is 0 Å². The van der Waals surface area contributed by atoms with Gasteiger partial charge < -0.3 is 15.0 Å². The van der Waals surface area contributed by atoms with E-state index in [4.69, 9.17) is 4.74 Å². The zero-order valence-electron chi connectivity index (χ0n) is 13.3. The Morgan fingerprint density at radius 2 is 2.09 bits per heavy atom. The number of methoxy groups -OCH3 is 1. The van der Waals surface area contributed by atoms with Crippen LogP contribution < -0.4 is 10.1 Å². The van der Waals surface area contributed by atoms with Crippen molar-refractivity contribution in [3.63, 3.8) is 0 Å². The lowest BCUT2D eigenvalue weighted by atomic mass is 10.0. The molecule has 2 aliphatic rings. The molecule has 4 heterocycles. The van der Waals surface area contributed by atoms with Gasteiger partial charge in [-0.15, -0.1) is 0 Å². The Morgan fingerprint density at radius 1 is 1.30 bits per heavy atom. The standard InChI is InChI=1S/C17H21FN4O/c1-23-16-3-2-15-17(21-16)13(14(18)8-20-15)4-5-22-9-11-6-19-7-12(11)10-22/h2-3,8,11-12,19H,4-7,9-10H2,1H3. The van der Waals surface area contributed by atoms with Crippen LogP contribution in [0.5, 0.6) is 5.88 Å². The average Bonchev–Trinajstić information content (AvgIpc) is 3.14. The quantitative estimate of drug-likeness (QED) is 0.926. The highest BCUT2D eigenvalue weighted by atomic mass is 19.1. The SMILES string of the molecule is COc1ccc2ncc(F)c(CCN3CC4CNCC4C3)c2n1. The molecule has 2 unspecified atom stereocenters. The second-order valence-corrected chi connectivity index (χ2v) is 6.49. The second kappa shape index (κ2) is 6.02. The molecule has 0 aromatic carbocycles. The first-order valence-corrected chi connectivity index (χ1v) is 8.16. The molecule has 1 N–H and O–H groups in total. The van der Waals surface area contributed by atoms with Crippen molar-refractivity contribution in [2.75, 3.05) is 39.8 Å². The van der Waals surface area contributed by atoms with Crippen LogP contribution in [0.1, 0.15) is 5.56 Å².